The zero-order valence-corrected chi connectivity index (χ0v) is 9.35. The van der Waals surface area contributed by atoms with Crippen LogP contribution in [0.5, 0.6) is 0 Å². The number of carboxylic acid groups (broad SMARTS) is 1. The number of likely N-dealkylation sites (tertiary alicyclic amines) is 1. The summed E-state index contributed by atoms with van der Waals surface area (Å²) in [4.78, 5) is 13.1. The minimum Gasteiger partial charge on any atom is -0.480 e. The topological polar surface area (TPSA) is 60.8 Å². The van der Waals surface area contributed by atoms with Crippen molar-refractivity contribution in [3.05, 3.63) is 0 Å². The molecule has 2 unspecified atom stereocenters. The molecule has 1 heterocycles. The summed E-state index contributed by atoms with van der Waals surface area (Å²) in [7, 11) is 0. The van der Waals surface area contributed by atoms with Crippen LogP contribution in [0.1, 0.15) is 39.0 Å². The number of hydrogen-bond acceptors (Lipinski definition) is 3. The fraction of sp³-hybridized carbons (Fsp3) is 0.909. The van der Waals surface area contributed by atoms with Gasteiger partial charge in [0.15, 0.2) is 0 Å². The summed E-state index contributed by atoms with van der Waals surface area (Å²) < 4.78 is 0. The molecule has 0 radical (unpaired) electrons. The quantitative estimate of drug-likeness (QED) is 0.696. The van der Waals surface area contributed by atoms with Crippen molar-refractivity contribution in [2.45, 2.75) is 51.1 Å². The molecule has 1 aliphatic rings. The SMILES string of the molecule is CCC(C(=O)O)N1CCCC1CCCO. The molecule has 2 N–H and O–H groups in total. The van der Waals surface area contributed by atoms with E-state index in [2.05, 4.69) is 4.90 Å². The molecule has 1 aliphatic heterocycles. The third-order valence-corrected chi connectivity index (χ3v) is 3.19. The van der Waals surface area contributed by atoms with Crippen molar-refractivity contribution in [2.24, 2.45) is 0 Å². The van der Waals surface area contributed by atoms with E-state index < -0.39 is 5.97 Å². The number of carbonyl (C=O) groups is 1. The lowest BCUT2D eigenvalue weighted by atomic mass is 10.1. The molecule has 15 heavy (non-hydrogen) atoms. The van der Waals surface area contributed by atoms with Gasteiger partial charge in [0, 0.05) is 12.6 Å². The van der Waals surface area contributed by atoms with Gasteiger partial charge in [0.25, 0.3) is 0 Å². The van der Waals surface area contributed by atoms with Crippen LogP contribution in [0.25, 0.3) is 0 Å². The van der Waals surface area contributed by atoms with Crippen molar-refractivity contribution in [1.29, 1.82) is 0 Å². The first-order chi connectivity index (χ1) is 7.20. The molecular formula is C11H21NO3. The minimum absolute atomic E-state index is 0.203. The van der Waals surface area contributed by atoms with Crippen molar-refractivity contribution >= 4 is 5.97 Å². The Balaban J connectivity index is 2.53. The highest BCUT2D eigenvalue weighted by Crippen LogP contribution is 2.24. The summed E-state index contributed by atoms with van der Waals surface area (Å²) in [6.45, 7) is 3.01. The highest BCUT2D eigenvalue weighted by atomic mass is 16.4. The van der Waals surface area contributed by atoms with E-state index in [1.54, 1.807) is 0 Å². The van der Waals surface area contributed by atoms with E-state index in [1.165, 1.54) is 0 Å². The van der Waals surface area contributed by atoms with Gasteiger partial charge in [0.1, 0.15) is 6.04 Å². The molecule has 0 bridgehead atoms. The van der Waals surface area contributed by atoms with E-state index >= 15 is 0 Å². The third kappa shape index (κ3) is 3.18. The van der Waals surface area contributed by atoms with Gasteiger partial charge < -0.3 is 10.2 Å². The second-order valence-electron chi connectivity index (χ2n) is 4.16. The Morgan fingerprint density at radius 2 is 2.33 bits per heavy atom. The van der Waals surface area contributed by atoms with Gasteiger partial charge in [0.2, 0.25) is 0 Å². The lowest BCUT2D eigenvalue weighted by Crippen LogP contribution is -2.43. The highest BCUT2D eigenvalue weighted by Gasteiger charge is 2.32. The lowest BCUT2D eigenvalue weighted by molar-refractivity contribution is -0.143. The molecule has 4 nitrogen and oxygen atoms in total. The third-order valence-electron chi connectivity index (χ3n) is 3.19. The second kappa shape index (κ2) is 6.08. The molecule has 2 atom stereocenters. The molecule has 1 saturated heterocycles. The van der Waals surface area contributed by atoms with Crippen LogP contribution in [0.2, 0.25) is 0 Å². The van der Waals surface area contributed by atoms with E-state index in [4.69, 9.17) is 10.2 Å². The van der Waals surface area contributed by atoms with Gasteiger partial charge in [-0.1, -0.05) is 6.92 Å². The Kier molecular flexibility index (Phi) is 5.05. The van der Waals surface area contributed by atoms with Crippen LogP contribution >= 0.6 is 0 Å². The van der Waals surface area contributed by atoms with E-state index in [-0.39, 0.29) is 12.6 Å². The summed E-state index contributed by atoms with van der Waals surface area (Å²) in [6, 6.07) is 0.0226. The Bertz CT molecular complexity index is 208. The van der Waals surface area contributed by atoms with Gasteiger partial charge in [-0.3, -0.25) is 9.69 Å². The van der Waals surface area contributed by atoms with Crippen molar-refractivity contribution in [2.75, 3.05) is 13.2 Å². The molecule has 1 rings (SSSR count). The Morgan fingerprint density at radius 1 is 1.60 bits per heavy atom. The Labute approximate surface area is 90.9 Å². The van der Waals surface area contributed by atoms with Gasteiger partial charge in [0.05, 0.1) is 0 Å². The number of aliphatic carboxylic acids is 1. The average molecular weight is 215 g/mol. The molecule has 0 aromatic rings. The first kappa shape index (κ1) is 12.5. The monoisotopic (exact) mass is 215 g/mol. The van der Waals surface area contributed by atoms with Crippen molar-refractivity contribution in [3.63, 3.8) is 0 Å². The number of rotatable bonds is 6. The van der Waals surface area contributed by atoms with Crippen molar-refractivity contribution in [3.8, 4) is 0 Å². The van der Waals surface area contributed by atoms with Crippen LogP contribution in [-0.4, -0.2) is 46.3 Å². The van der Waals surface area contributed by atoms with Crippen LogP contribution in [0.3, 0.4) is 0 Å². The number of aliphatic hydroxyl groups excluding tert-OH is 1. The number of aliphatic hydroxyl groups is 1. The summed E-state index contributed by atoms with van der Waals surface area (Å²) in [6.07, 6.45) is 4.51. The van der Waals surface area contributed by atoms with Gasteiger partial charge in [-0.05, 0) is 38.6 Å². The molecule has 88 valence electrons. The summed E-state index contributed by atoms with van der Waals surface area (Å²) in [5, 5.41) is 17.9. The van der Waals surface area contributed by atoms with Gasteiger partial charge >= 0.3 is 5.97 Å². The van der Waals surface area contributed by atoms with Crippen LogP contribution in [0.15, 0.2) is 0 Å². The lowest BCUT2D eigenvalue weighted by Gasteiger charge is -2.29. The number of nitrogens with zero attached hydrogens (tertiary/aromatic N) is 1. The van der Waals surface area contributed by atoms with Gasteiger partial charge in [-0.2, -0.15) is 0 Å². The molecule has 0 aromatic heterocycles. The number of hydrogen-bond donors (Lipinski definition) is 2. The Hall–Kier alpha value is -0.610. The Morgan fingerprint density at radius 3 is 2.87 bits per heavy atom. The summed E-state index contributed by atoms with van der Waals surface area (Å²) in [5.74, 6) is -0.714. The maximum absolute atomic E-state index is 11.0. The average Bonchev–Trinajstić information content (AvgIpc) is 2.64. The van der Waals surface area contributed by atoms with E-state index in [1.807, 2.05) is 6.92 Å². The van der Waals surface area contributed by atoms with Crippen LogP contribution in [0.4, 0.5) is 0 Å². The standard InChI is InChI=1S/C11H21NO3/c1-2-10(11(14)15)12-7-3-5-9(12)6-4-8-13/h9-10,13H,2-8H2,1H3,(H,14,15). The fourth-order valence-electron chi connectivity index (χ4n) is 2.46. The van der Waals surface area contributed by atoms with E-state index in [0.29, 0.717) is 12.5 Å². The predicted octanol–water partition coefficient (Wildman–Crippen LogP) is 1.09. The van der Waals surface area contributed by atoms with E-state index in [0.717, 1.165) is 32.2 Å². The molecule has 0 spiro atoms. The first-order valence-corrected chi connectivity index (χ1v) is 5.80. The molecule has 0 saturated carbocycles. The van der Waals surface area contributed by atoms with Gasteiger partial charge in [-0.25, -0.2) is 0 Å². The molecule has 0 amide bonds. The minimum atomic E-state index is -0.714. The zero-order chi connectivity index (χ0) is 11.3. The normalized spacial score (nSPS) is 24.3. The second-order valence-corrected chi connectivity index (χ2v) is 4.16. The molecule has 0 aromatic carbocycles. The van der Waals surface area contributed by atoms with Crippen LogP contribution < -0.4 is 0 Å². The molecule has 0 aliphatic carbocycles. The summed E-state index contributed by atoms with van der Waals surface area (Å²) in [5.41, 5.74) is 0. The highest BCUT2D eigenvalue weighted by molar-refractivity contribution is 5.73. The maximum Gasteiger partial charge on any atom is 0.320 e. The van der Waals surface area contributed by atoms with Crippen molar-refractivity contribution < 1.29 is 15.0 Å². The van der Waals surface area contributed by atoms with E-state index in [9.17, 15) is 4.79 Å². The molecular weight excluding hydrogens is 194 g/mol. The fourth-order valence-corrected chi connectivity index (χ4v) is 2.46. The molecule has 1 fully saturated rings. The molecule has 4 heteroatoms. The van der Waals surface area contributed by atoms with Gasteiger partial charge in [-0.15, -0.1) is 0 Å². The van der Waals surface area contributed by atoms with Crippen molar-refractivity contribution in [1.82, 2.24) is 4.90 Å². The predicted molar refractivity (Wildman–Crippen MR) is 57.8 cm³/mol. The smallest absolute Gasteiger partial charge is 0.320 e. The maximum atomic E-state index is 11.0. The van der Waals surface area contributed by atoms with Crippen LogP contribution in [-0.2, 0) is 4.79 Å². The summed E-state index contributed by atoms with van der Waals surface area (Å²) >= 11 is 0. The number of carboxylic acids is 1. The first-order valence-electron chi connectivity index (χ1n) is 5.80. The zero-order valence-electron chi connectivity index (χ0n) is 9.35. The largest absolute Gasteiger partial charge is 0.480 e. The van der Waals surface area contributed by atoms with Crippen LogP contribution in [0, 0.1) is 0 Å².